The van der Waals surface area contributed by atoms with Crippen molar-refractivity contribution >= 4 is 5.91 Å². The van der Waals surface area contributed by atoms with E-state index in [0.717, 1.165) is 25.3 Å². The number of carbonyl (C=O) groups excluding carboxylic acids is 1. The van der Waals surface area contributed by atoms with Crippen molar-refractivity contribution in [1.29, 1.82) is 0 Å². The van der Waals surface area contributed by atoms with Crippen molar-refractivity contribution in [2.75, 3.05) is 6.54 Å². The molecule has 1 heterocycles. The van der Waals surface area contributed by atoms with Gasteiger partial charge in [-0.3, -0.25) is 4.79 Å². The average Bonchev–Trinajstić information content (AvgIpc) is 2.86. The molecule has 0 spiro atoms. The Labute approximate surface area is 98.4 Å². The topological polar surface area (TPSA) is 41.1 Å². The van der Waals surface area contributed by atoms with Crippen molar-refractivity contribution in [3.8, 4) is 0 Å². The number of fused-ring (bicyclic) bond motifs is 1. The Morgan fingerprint density at radius 2 is 2.12 bits per heavy atom. The number of rotatable bonds is 4. The normalized spacial score (nSPS) is 33.1. The zero-order chi connectivity index (χ0) is 11.5. The fourth-order valence-corrected chi connectivity index (χ4v) is 3.26. The van der Waals surface area contributed by atoms with Crippen LogP contribution in [0, 0.1) is 11.8 Å². The Bertz CT molecular complexity index is 250. The zero-order valence-corrected chi connectivity index (χ0v) is 10.5. The second-order valence-electron chi connectivity index (χ2n) is 5.26. The van der Waals surface area contributed by atoms with E-state index in [4.69, 9.17) is 0 Å². The van der Waals surface area contributed by atoms with Crippen LogP contribution in [-0.2, 0) is 4.79 Å². The van der Waals surface area contributed by atoms with Crippen LogP contribution in [0.3, 0.4) is 0 Å². The van der Waals surface area contributed by atoms with Gasteiger partial charge in [-0.25, -0.2) is 0 Å². The van der Waals surface area contributed by atoms with Crippen LogP contribution in [0.4, 0.5) is 0 Å². The van der Waals surface area contributed by atoms with E-state index >= 15 is 0 Å². The van der Waals surface area contributed by atoms with Gasteiger partial charge in [-0.1, -0.05) is 20.3 Å². The van der Waals surface area contributed by atoms with E-state index in [2.05, 4.69) is 24.5 Å². The molecule has 92 valence electrons. The van der Waals surface area contributed by atoms with E-state index in [1.54, 1.807) is 0 Å². The standard InChI is InChI=1S/C13H24N2O/c1-3-10(4-2)15-13(16)12-11-7-5-6-9(11)8-14-12/h9-12,14H,3-8H2,1-2H3,(H,15,16). The maximum Gasteiger partial charge on any atom is 0.237 e. The molecule has 1 aliphatic carbocycles. The molecule has 2 rings (SSSR count). The third kappa shape index (κ3) is 2.24. The molecule has 1 amide bonds. The van der Waals surface area contributed by atoms with Gasteiger partial charge < -0.3 is 10.6 Å². The first kappa shape index (κ1) is 11.9. The van der Waals surface area contributed by atoms with Gasteiger partial charge in [0, 0.05) is 6.04 Å². The van der Waals surface area contributed by atoms with Gasteiger partial charge in [0.05, 0.1) is 6.04 Å². The van der Waals surface area contributed by atoms with Crippen molar-refractivity contribution in [1.82, 2.24) is 10.6 Å². The number of carbonyl (C=O) groups is 1. The minimum Gasteiger partial charge on any atom is -0.352 e. The Balaban J connectivity index is 1.89. The summed E-state index contributed by atoms with van der Waals surface area (Å²) in [4.78, 5) is 12.1. The lowest BCUT2D eigenvalue weighted by Gasteiger charge is -2.21. The number of nitrogens with one attached hydrogen (secondary N) is 2. The monoisotopic (exact) mass is 224 g/mol. The fourth-order valence-electron chi connectivity index (χ4n) is 3.26. The highest BCUT2D eigenvalue weighted by atomic mass is 16.2. The summed E-state index contributed by atoms with van der Waals surface area (Å²) in [7, 11) is 0. The molecule has 16 heavy (non-hydrogen) atoms. The van der Waals surface area contributed by atoms with E-state index in [1.165, 1.54) is 19.3 Å². The summed E-state index contributed by atoms with van der Waals surface area (Å²) >= 11 is 0. The molecule has 0 aromatic carbocycles. The van der Waals surface area contributed by atoms with Gasteiger partial charge in [0.25, 0.3) is 0 Å². The third-order valence-electron chi connectivity index (χ3n) is 4.36. The summed E-state index contributed by atoms with van der Waals surface area (Å²) in [6.45, 7) is 5.31. The van der Waals surface area contributed by atoms with Crippen LogP contribution in [0.25, 0.3) is 0 Å². The minimum atomic E-state index is 0.0908. The molecule has 1 saturated carbocycles. The summed E-state index contributed by atoms with van der Waals surface area (Å²) in [5.41, 5.74) is 0. The molecule has 0 radical (unpaired) electrons. The Hall–Kier alpha value is -0.570. The zero-order valence-electron chi connectivity index (χ0n) is 10.5. The highest BCUT2D eigenvalue weighted by Crippen LogP contribution is 2.37. The molecule has 3 atom stereocenters. The maximum absolute atomic E-state index is 12.1. The first-order valence-corrected chi connectivity index (χ1v) is 6.80. The SMILES string of the molecule is CCC(CC)NC(=O)C1NCC2CCCC21. The highest BCUT2D eigenvalue weighted by Gasteiger charge is 2.42. The first-order valence-electron chi connectivity index (χ1n) is 6.80. The van der Waals surface area contributed by atoms with E-state index in [-0.39, 0.29) is 11.9 Å². The van der Waals surface area contributed by atoms with Gasteiger partial charge in [0.15, 0.2) is 0 Å². The maximum atomic E-state index is 12.1. The molecule has 0 aromatic heterocycles. The Morgan fingerprint density at radius 3 is 2.81 bits per heavy atom. The Morgan fingerprint density at radius 1 is 1.38 bits per heavy atom. The lowest BCUT2D eigenvalue weighted by Crippen LogP contribution is -2.47. The molecule has 1 aliphatic heterocycles. The molecule has 1 saturated heterocycles. The van der Waals surface area contributed by atoms with E-state index in [0.29, 0.717) is 12.0 Å². The van der Waals surface area contributed by atoms with Crippen molar-refractivity contribution in [3.05, 3.63) is 0 Å². The van der Waals surface area contributed by atoms with Crippen LogP contribution in [0.5, 0.6) is 0 Å². The van der Waals surface area contributed by atoms with Crippen LogP contribution in [0.1, 0.15) is 46.0 Å². The molecule has 3 heteroatoms. The van der Waals surface area contributed by atoms with Gasteiger partial charge in [-0.05, 0) is 44.1 Å². The smallest absolute Gasteiger partial charge is 0.237 e. The predicted molar refractivity (Wildman–Crippen MR) is 65.1 cm³/mol. The largest absolute Gasteiger partial charge is 0.352 e. The second kappa shape index (κ2) is 5.17. The number of hydrogen-bond acceptors (Lipinski definition) is 2. The summed E-state index contributed by atoms with van der Waals surface area (Å²) < 4.78 is 0. The average molecular weight is 224 g/mol. The summed E-state index contributed by atoms with van der Waals surface area (Å²) in [5, 5.41) is 6.57. The lowest BCUT2D eigenvalue weighted by molar-refractivity contribution is -0.124. The molecule has 2 fully saturated rings. The van der Waals surface area contributed by atoms with E-state index < -0.39 is 0 Å². The molecule has 3 unspecified atom stereocenters. The van der Waals surface area contributed by atoms with Crippen LogP contribution < -0.4 is 10.6 Å². The highest BCUT2D eigenvalue weighted by molar-refractivity contribution is 5.82. The van der Waals surface area contributed by atoms with Crippen LogP contribution in [-0.4, -0.2) is 24.5 Å². The van der Waals surface area contributed by atoms with Crippen molar-refractivity contribution in [2.45, 2.75) is 58.0 Å². The van der Waals surface area contributed by atoms with Crippen molar-refractivity contribution < 1.29 is 4.79 Å². The summed E-state index contributed by atoms with van der Waals surface area (Å²) in [5.74, 6) is 1.61. The lowest BCUT2D eigenvalue weighted by atomic mass is 9.93. The van der Waals surface area contributed by atoms with Crippen molar-refractivity contribution in [2.24, 2.45) is 11.8 Å². The molecule has 2 N–H and O–H groups in total. The van der Waals surface area contributed by atoms with Crippen LogP contribution >= 0.6 is 0 Å². The summed E-state index contributed by atoms with van der Waals surface area (Å²) in [6.07, 6.45) is 5.92. The molecule has 0 bridgehead atoms. The van der Waals surface area contributed by atoms with Gasteiger partial charge in [-0.15, -0.1) is 0 Å². The molecular formula is C13H24N2O. The Kier molecular flexibility index (Phi) is 3.85. The van der Waals surface area contributed by atoms with Crippen LogP contribution in [0.15, 0.2) is 0 Å². The third-order valence-corrected chi connectivity index (χ3v) is 4.36. The number of hydrogen-bond donors (Lipinski definition) is 2. The fraction of sp³-hybridized carbons (Fsp3) is 0.923. The quantitative estimate of drug-likeness (QED) is 0.763. The predicted octanol–water partition coefficient (Wildman–Crippen LogP) is 1.68. The summed E-state index contributed by atoms with van der Waals surface area (Å²) in [6, 6.07) is 0.447. The van der Waals surface area contributed by atoms with E-state index in [9.17, 15) is 4.79 Å². The first-order chi connectivity index (χ1) is 7.76. The van der Waals surface area contributed by atoms with Gasteiger partial charge in [-0.2, -0.15) is 0 Å². The van der Waals surface area contributed by atoms with Gasteiger partial charge >= 0.3 is 0 Å². The van der Waals surface area contributed by atoms with Gasteiger partial charge in [0.1, 0.15) is 0 Å². The molecule has 3 nitrogen and oxygen atoms in total. The molecule has 0 aromatic rings. The van der Waals surface area contributed by atoms with Crippen LogP contribution in [0.2, 0.25) is 0 Å². The minimum absolute atomic E-state index is 0.0908. The van der Waals surface area contributed by atoms with Gasteiger partial charge in [0.2, 0.25) is 5.91 Å². The molecule has 2 aliphatic rings. The second-order valence-corrected chi connectivity index (χ2v) is 5.26. The van der Waals surface area contributed by atoms with Crippen molar-refractivity contribution in [3.63, 3.8) is 0 Å². The van der Waals surface area contributed by atoms with E-state index in [1.807, 2.05) is 0 Å². The number of amides is 1. The molecular weight excluding hydrogens is 200 g/mol.